The van der Waals surface area contributed by atoms with Gasteiger partial charge < -0.3 is 4.74 Å². The van der Waals surface area contributed by atoms with E-state index in [0.717, 1.165) is 54.3 Å². The number of carbonyl (C=O) groups excluding carboxylic acids is 2. The number of carbonyl (C=O) groups is 2. The molecule has 0 saturated carbocycles. The molecule has 5 nitrogen and oxygen atoms in total. The third kappa shape index (κ3) is 3.81. The normalized spacial score (nSPS) is 20.8. The minimum Gasteiger partial charge on any atom is -0.457 e. The minimum absolute atomic E-state index is 0.0493. The zero-order valence-corrected chi connectivity index (χ0v) is 17.4. The van der Waals surface area contributed by atoms with Crippen LogP contribution in [0.2, 0.25) is 0 Å². The SMILES string of the molecule is O=C1NC(=O)C([C@@H]2CCCc3cc(Oc4ccnc5cc(C(F)(F)F)ccc45)ccc32)S1. The molecule has 2 aromatic carbocycles. The molecule has 0 bridgehead atoms. The van der Waals surface area contributed by atoms with Crippen LogP contribution in [0.1, 0.15) is 35.4 Å². The predicted octanol–water partition coefficient (Wildman–Crippen LogP) is 5.82. The van der Waals surface area contributed by atoms with Gasteiger partial charge in [0, 0.05) is 17.5 Å². The number of aryl methyl sites for hydroxylation is 1. The standard InChI is InChI=1S/C23H17F3N2O3S/c24-23(25,26)13-4-6-17-18(11-13)27-9-8-19(17)31-14-5-7-15-12(10-14)2-1-3-16(15)20-21(29)28-22(30)32-20/h4-11,16,20H,1-3H2,(H,28,29,30)/t16-,20?/m1/s1. The number of rotatable bonds is 3. The van der Waals surface area contributed by atoms with Crippen LogP contribution >= 0.6 is 11.8 Å². The van der Waals surface area contributed by atoms with Crippen molar-refractivity contribution in [2.75, 3.05) is 0 Å². The summed E-state index contributed by atoms with van der Waals surface area (Å²) >= 11 is 1.04. The summed E-state index contributed by atoms with van der Waals surface area (Å²) < 4.78 is 45.0. The van der Waals surface area contributed by atoms with Crippen molar-refractivity contribution in [1.29, 1.82) is 0 Å². The van der Waals surface area contributed by atoms with Crippen LogP contribution in [0.3, 0.4) is 0 Å². The number of imide groups is 1. The van der Waals surface area contributed by atoms with Crippen LogP contribution in [0.25, 0.3) is 10.9 Å². The molecule has 2 atom stereocenters. The van der Waals surface area contributed by atoms with Crippen molar-refractivity contribution < 1.29 is 27.5 Å². The number of benzene rings is 2. The van der Waals surface area contributed by atoms with E-state index < -0.39 is 17.0 Å². The van der Waals surface area contributed by atoms with Gasteiger partial charge in [-0.15, -0.1) is 0 Å². The van der Waals surface area contributed by atoms with Crippen LogP contribution in [0.15, 0.2) is 48.7 Å². The number of hydrogen-bond acceptors (Lipinski definition) is 5. The van der Waals surface area contributed by atoms with Crippen LogP contribution in [0, 0.1) is 0 Å². The summed E-state index contributed by atoms with van der Waals surface area (Å²) in [5.41, 5.74) is 1.51. The van der Waals surface area contributed by atoms with E-state index in [1.54, 1.807) is 12.1 Å². The van der Waals surface area contributed by atoms with Crippen molar-refractivity contribution in [3.63, 3.8) is 0 Å². The van der Waals surface area contributed by atoms with Gasteiger partial charge in [0.05, 0.1) is 11.1 Å². The number of fused-ring (bicyclic) bond motifs is 2. The van der Waals surface area contributed by atoms with Gasteiger partial charge in [-0.05, 0) is 66.8 Å². The summed E-state index contributed by atoms with van der Waals surface area (Å²) in [7, 11) is 0. The predicted molar refractivity (Wildman–Crippen MR) is 114 cm³/mol. The van der Waals surface area contributed by atoms with Gasteiger partial charge in [0.15, 0.2) is 0 Å². The summed E-state index contributed by atoms with van der Waals surface area (Å²) in [4.78, 5) is 27.8. The van der Waals surface area contributed by atoms with Crippen LogP contribution < -0.4 is 10.1 Å². The first-order valence-corrected chi connectivity index (χ1v) is 11.0. The molecule has 1 aliphatic heterocycles. The lowest BCUT2D eigenvalue weighted by Gasteiger charge is -2.28. The van der Waals surface area contributed by atoms with Gasteiger partial charge in [0.25, 0.3) is 5.24 Å². The molecule has 3 aromatic rings. The molecule has 164 valence electrons. The Morgan fingerprint density at radius 3 is 2.69 bits per heavy atom. The second-order valence-corrected chi connectivity index (χ2v) is 8.93. The maximum absolute atomic E-state index is 13.0. The molecule has 0 spiro atoms. The molecule has 1 saturated heterocycles. The fraction of sp³-hybridized carbons (Fsp3) is 0.261. The van der Waals surface area contributed by atoms with Gasteiger partial charge in [-0.25, -0.2) is 0 Å². The Labute approximate surface area is 185 Å². The molecule has 2 amide bonds. The summed E-state index contributed by atoms with van der Waals surface area (Å²) in [5.74, 6) is 0.662. The van der Waals surface area contributed by atoms with E-state index in [1.807, 2.05) is 12.1 Å². The smallest absolute Gasteiger partial charge is 0.416 e. The van der Waals surface area contributed by atoms with Crippen molar-refractivity contribution in [3.05, 3.63) is 65.4 Å². The topological polar surface area (TPSA) is 68.3 Å². The van der Waals surface area contributed by atoms with E-state index in [-0.39, 0.29) is 22.6 Å². The molecular formula is C23H17F3N2O3S. The van der Waals surface area contributed by atoms with Gasteiger partial charge in [-0.1, -0.05) is 17.8 Å². The number of thioether (sulfide) groups is 1. The zero-order chi connectivity index (χ0) is 22.5. The molecule has 0 radical (unpaired) electrons. The van der Waals surface area contributed by atoms with E-state index >= 15 is 0 Å². The second kappa shape index (κ2) is 7.81. The Morgan fingerprint density at radius 1 is 1.09 bits per heavy atom. The minimum atomic E-state index is -4.44. The van der Waals surface area contributed by atoms with Crippen LogP contribution in [0.5, 0.6) is 11.5 Å². The van der Waals surface area contributed by atoms with Gasteiger partial charge in [-0.2, -0.15) is 13.2 Å². The first kappa shape index (κ1) is 20.8. The summed E-state index contributed by atoms with van der Waals surface area (Å²) in [5, 5.41) is 2.09. The Kier molecular flexibility index (Phi) is 5.08. The second-order valence-electron chi connectivity index (χ2n) is 7.82. The number of pyridine rings is 1. The third-order valence-corrected chi connectivity index (χ3v) is 6.93. The highest BCUT2D eigenvalue weighted by molar-refractivity contribution is 8.15. The van der Waals surface area contributed by atoms with Crippen LogP contribution in [0.4, 0.5) is 18.0 Å². The lowest BCUT2D eigenvalue weighted by atomic mass is 9.80. The lowest BCUT2D eigenvalue weighted by molar-refractivity contribution is -0.137. The van der Waals surface area contributed by atoms with E-state index in [1.165, 1.54) is 12.3 Å². The highest BCUT2D eigenvalue weighted by atomic mass is 32.2. The molecular weight excluding hydrogens is 441 g/mol. The number of amides is 2. The van der Waals surface area contributed by atoms with Crippen molar-refractivity contribution >= 4 is 33.8 Å². The van der Waals surface area contributed by atoms with Gasteiger partial charge in [-0.3, -0.25) is 19.9 Å². The Balaban J connectivity index is 1.44. The van der Waals surface area contributed by atoms with Crippen molar-refractivity contribution in [3.8, 4) is 11.5 Å². The number of hydrogen-bond donors (Lipinski definition) is 1. The number of alkyl halides is 3. The number of nitrogens with zero attached hydrogens (tertiary/aromatic N) is 1. The van der Waals surface area contributed by atoms with Crippen molar-refractivity contribution in [1.82, 2.24) is 10.3 Å². The molecule has 2 heterocycles. The van der Waals surface area contributed by atoms with Crippen molar-refractivity contribution in [2.24, 2.45) is 0 Å². The van der Waals surface area contributed by atoms with Crippen LogP contribution in [-0.4, -0.2) is 21.4 Å². The zero-order valence-electron chi connectivity index (χ0n) is 16.6. The molecule has 2 aliphatic rings. The first-order valence-electron chi connectivity index (χ1n) is 10.1. The quantitative estimate of drug-likeness (QED) is 0.536. The first-order chi connectivity index (χ1) is 15.3. The van der Waals surface area contributed by atoms with Gasteiger partial charge in [0.1, 0.15) is 16.7 Å². The fourth-order valence-corrected chi connectivity index (χ4v) is 5.36. The molecule has 1 fully saturated rings. The molecule has 1 aliphatic carbocycles. The largest absolute Gasteiger partial charge is 0.457 e. The maximum Gasteiger partial charge on any atom is 0.416 e. The Hall–Kier alpha value is -3.07. The Bertz CT molecular complexity index is 1240. The van der Waals surface area contributed by atoms with E-state index in [0.29, 0.717) is 16.9 Å². The number of nitrogens with one attached hydrogen (secondary N) is 1. The van der Waals surface area contributed by atoms with Crippen LogP contribution in [-0.2, 0) is 17.4 Å². The van der Waals surface area contributed by atoms with E-state index in [4.69, 9.17) is 4.74 Å². The Morgan fingerprint density at radius 2 is 1.94 bits per heavy atom. The summed E-state index contributed by atoms with van der Waals surface area (Å²) in [6.07, 6.45) is -0.498. The highest BCUT2D eigenvalue weighted by Crippen LogP contribution is 2.42. The number of aromatic nitrogens is 1. The van der Waals surface area contributed by atoms with Gasteiger partial charge >= 0.3 is 6.18 Å². The van der Waals surface area contributed by atoms with Gasteiger partial charge in [0.2, 0.25) is 5.91 Å². The molecule has 32 heavy (non-hydrogen) atoms. The highest BCUT2D eigenvalue weighted by Gasteiger charge is 2.40. The lowest BCUT2D eigenvalue weighted by Crippen LogP contribution is -2.30. The number of ether oxygens (including phenoxy) is 1. The average molecular weight is 458 g/mol. The molecule has 1 N–H and O–H groups in total. The average Bonchev–Trinajstić information content (AvgIpc) is 3.10. The molecule has 5 rings (SSSR count). The third-order valence-electron chi connectivity index (χ3n) is 5.82. The maximum atomic E-state index is 13.0. The summed E-state index contributed by atoms with van der Waals surface area (Å²) in [6.45, 7) is 0. The molecule has 1 unspecified atom stereocenters. The fourth-order valence-electron chi connectivity index (χ4n) is 4.36. The number of halogens is 3. The van der Waals surface area contributed by atoms with Crippen molar-refractivity contribution in [2.45, 2.75) is 36.6 Å². The van der Waals surface area contributed by atoms with E-state index in [2.05, 4.69) is 10.3 Å². The van der Waals surface area contributed by atoms with E-state index in [9.17, 15) is 22.8 Å². The molecule has 1 aromatic heterocycles. The summed E-state index contributed by atoms with van der Waals surface area (Å²) in [6, 6.07) is 10.6. The monoisotopic (exact) mass is 458 g/mol. The molecule has 9 heteroatoms.